The Labute approximate surface area is 123 Å². The second-order valence-electron chi connectivity index (χ2n) is 4.27. The van der Waals surface area contributed by atoms with Gasteiger partial charge in [0.05, 0.1) is 7.11 Å². The summed E-state index contributed by atoms with van der Waals surface area (Å²) in [6, 6.07) is 8.71. The molecule has 0 spiro atoms. The van der Waals surface area contributed by atoms with Gasteiger partial charge in [0.25, 0.3) is 0 Å². The highest BCUT2D eigenvalue weighted by atomic mass is 79.9. The summed E-state index contributed by atoms with van der Waals surface area (Å²) in [5.41, 5.74) is 0.927. The zero-order valence-electron chi connectivity index (χ0n) is 10.7. The zero-order chi connectivity index (χ0) is 14.7. The largest absolute Gasteiger partial charge is 0.496 e. The van der Waals surface area contributed by atoms with E-state index in [2.05, 4.69) is 15.9 Å². The molecule has 0 aliphatic carbocycles. The number of para-hydroxylation sites is 1. The predicted molar refractivity (Wildman–Crippen MR) is 74.7 cm³/mol. The van der Waals surface area contributed by atoms with Crippen LogP contribution in [-0.2, 0) is 6.42 Å². The standard InChI is InChI=1S/C15H12BrF3O/c1-20-15-5-3-2-4-9(15)6-11(16)10-7-13(18)14(19)8-12(10)17/h2-5,7-8,11H,6H2,1H3. The smallest absolute Gasteiger partial charge is 0.161 e. The lowest BCUT2D eigenvalue weighted by Crippen LogP contribution is -2.02. The van der Waals surface area contributed by atoms with E-state index in [-0.39, 0.29) is 5.56 Å². The summed E-state index contributed by atoms with van der Waals surface area (Å²) in [5, 5.41) is 0. The van der Waals surface area contributed by atoms with E-state index in [9.17, 15) is 13.2 Å². The van der Waals surface area contributed by atoms with Gasteiger partial charge in [0.1, 0.15) is 11.6 Å². The van der Waals surface area contributed by atoms with Crippen LogP contribution in [-0.4, -0.2) is 7.11 Å². The minimum absolute atomic E-state index is 0.0785. The molecule has 2 rings (SSSR count). The Morgan fingerprint density at radius 2 is 1.70 bits per heavy atom. The first-order chi connectivity index (χ1) is 9.52. The summed E-state index contributed by atoms with van der Waals surface area (Å²) >= 11 is 3.31. The number of ether oxygens (including phenoxy) is 1. The maximum Gasteiger partial charge on any atom is 0.161 e. The highest BCUT2D eigenvalue weighted by Crippen LogP contribution is 2.33. The van der Waals surface area contributed by atoms with Gasteiger partial charge in [-0.15, -0.1) is 0 Å². The molecular weight excluding hydrogens is 333 g/mol. The number of rotatable bonds is 4. The number of hydrogen-bond acceptors (Lipinski definition) is 1. The SMILES string of the molecule is COc1ccccc1CC(Br)c1cc(F)c(F)cc1F. The molecule has 0 N–H and O–H groups in total. The molecule has 0 aliphatic rings. The summed E-state index contributed by atoms with van der Waals surface area (Å²) in [7, 11) is 1.54. The van der Waals surface area contributed by atoms with Crippen molar-refractivity contribution in [2.45, 2.75) is 11.2 Å². The minimum Gasteiger partial charge on any atom is -0.496 e. The predicted octanol–water partition coefficient (Wildman–Crippen LogP) is 4.79. The van der Waals surface area contributed by atoms with Crippen molar-refractivity contribution in [2.24, 2.45) is 0 Å². The topological polar surface area (TPSA) is 9.23 Å². The van der Waals surface area contributed by atoms with Gasteiger partial charge in [-0.1, -0.05) is 34.1 Å². The van der Waals surface area contributed by atoms with Crippen LogP contribution in [0, 0.1) is 17.5 Å². The normalized spacial score (nSPS) is 12.2. The summed E-state index contributed by atoms with van der Waals surface area (Å²) in [5.74, 6) is -2.37. The molecule has 2 aromatic rings. The monoisotopic (exact) mass is 344 g/mol. The van der Waals surface area contributed by atoms with Gasteiger partial charge in [0, 0.05) is 16.5 Å². The molecule has 0 saturated carbocycles. The molecule has 2 aromatic carbocycles. The first-order valence-corrected chi connectivity index (χ1v) is 6.85. The quantitative estimate of drug-likeness (QED) is 0.572. The number of benzene rings is 2. The molecule has 0 aromatic heterocycles. The molecule has 1 unspecified atom stereocenters. The minimum atomic E-state index is -1.19. The fourth-order valence-corrected chi connectivity index (χ4v) is 2.65. The van der Waals surface area contributed by atoms with Crippen LogP contribution in [0.1, 0.15) is 16.0 Å². The molecule has 0 heterocycles. The molecule has 0 radical (unpaired) electrons. The Kier molecular flexibility index (Phi) is 4.70. The first kappa shape index (κ1) is 14.9. The molecule has 0 saturated heterocycles. The van der Waals surface area contributed by atoms with Crippen LogP contribution in [0.5, 0.6) is 5.75 Å². The Morgan fingerprint density at radius 3 is 2.40 bits per heavy atom. The van der Waals surface area contributed by atoms with Gasteiger partial charge in [-0.25, -0.2) is 13.2 Å². The molecule has 0 amide bonds. The van der Waals surface area contributed by atoms with Gasteiger partial charge < -0.3 is 4.74 Å². The lowest BCUT2D eigenvalue weighted by Gasteiger charge is -2.14. The third-order valence-corrected chi connectivity index (χ3v) is 3.79. The van der Waals surface area contributed by atoms with E-state index in [1.807, 2.05) is 18.2 Å². The van der Waals surface area contributed by atoms with E-state index in [0.717, 1.165) is 11.6 Å². The lowest BCUT2D eigenvalue weighted by atomic mass is 10.0. The van der Waals surface area contributed by atoms with E-state index in [4.69, 9.17) is 4.74 Å². The van der Waals surface area contributed by atoms with Gasteiger partial charge in [-0.05, 0) is 24.1 Å². The average Bonchev–Trinajstić information content (AvgIpc) is 2.43. The summed E-state index contributed by atoms with van der Waals surface area (Å²) in [4.78, 5) is -0.478. The molecule has 1 nitrogen and oxygen atoms in total. The first-order valence-electron chi connectivity index (χ1n) is 5.93. The van der Waals surface area contributed by atoms with Crippen molar-refractivity contribution in [2.75, 3.05) is 7.11 Å². The van der Waals surface area contributed by atoms with E-state index in [1.165, 1.54) is 0 Å². The van der Waals surface area contributed by atoms with Gasteiger partial charge in [0.2, 0.25) is 0 Å². The average molecular weight is 345 g/mol. The molecule has 106 valence electrons. The zero-order valence-corrected chi connectivity index (χ0v) is 12.3. The third-order valence-electron chi connectivity index (χ3n) is 2.97. The van der Waals surface area contributed by atoms with Gasteiger partial charge in [0.15, 0.2) is 11.6 Å². The summed E-state index contributed by atoms with van der Waals surface area (Å²) < 4.78 is 45.0. The molecule has 20 heavy (non-hydrogen) atoms. The number of alkyl halides is 1. The van der Waals surface area contributed by atoms with Gasteiger partial charge >= 0.3 is 0 Å². The Balaban J connectivity index is 2.28. The van der Waals surface area contributed by atoms with Crippen LogP contribution in [0.4, 0.5) is 13.2 Å². The molecule has 0 bridgehead atoms. The maximum absolute atomic E-state index is 13.7. The molecule has 0 fully saturated rings. The van der Waals surface area contributed by atoms with Crippen LogP contribution in [0.15, 0.2) is 36.4 Å². The second kappa shape index (κ2) is 6.31. The summed E-state index contributed by atoms with van der Waals surface area (Å²) in [6.45, 7) is 0. The van der Waals surface area contributed by atoms with Crippen molar-refractivity contribution in [3.05, 3.63) is 65.0 Å². The molecule has 0 aliphatic heterocycles. The Bertz CT molecular complexity index is 616. The van der Waals surface area contributed by atoms with Crippen LogP contribution >= 0.6 is 15.9 Å². The lowest BCUT2D eigenvalue weighted by molar-refractivity contribution is 0.409. The van der Waals surface area contributed by atoms with Crippen molar-refractivity contribution in [1.29, 1.82) is 0 Å². The van der Waals surface area contributed by atoms with Gasteiger partial charge in [-0.2, -0.15) is 0 Å². The van der Waals surface area contributed by atoms with E-state index < -0.39 is 22.3 Å². The second-order valence-corrected chi connectivity index (χ2v) is 5.38. The number of methoxy groups -OCH3 is 1. The fourth-order valence-electron chi connectivity index (χ4n) is 1.95. The number of hydrogen-bond donors (Lipinski definition) is 0. The van der Waals surface area contributed by atoms with E-state index in [0.29, 0.717) is 18.2 Å². The highest BCUT2D eigenvalue weighted by Gasteiger charge is 2.18. The van der Waals surface area contributed by atoms with Crippen molar-refractivity contribution < 1.29 is 17.9 Å². The number of halogens is 4. The maximum atomic E-state index is 13.7. The summed E-state index contributed by atoms with van der Waals surface area (Å²) in [6.07, 6.45) is 0.395. The van der Waals surface area contributed by atoms with Crippen molar-refractivity contribution in [3.8, 4) is 5.75 Å². The third kappa shape index (κ3) is 3.15. The molecular formula is C15H12BrF3O. The van der Waals surface area contributed by atoms with Crippen molar-refractivity contribution in [3.63, 3.8) is 0 Å². The Hall–Kier alpha value is -1.49. The Morgan fingerprint density at radius 1 is 1.05 bits per heavy atom. The van der Waals surface area contributed by atoms with Crippen LogP contribution in [0.2, 0.25) is 0 Å². The van der Waals surface area contributed by atoms with Crippen molar-refractivity contribution in [1.82, 2.24) is 0 Å². The molecule has 1 atom stereocenters. The van der Waals surface area contributed by atoms with Crippen molar-refractivity contribution >= 4 is 15.9 Å². The fraction of sp³-hybridized carbons (Fsp3) is 0.200. The highest BCUT2D eigenvalue weighted by molar-refractivity contribution is 9.09. The molecule has 5 heteroatoms. The van der Waals surface area contributed by atoms with Crippen LogP contribution in [0.25, 0.3) is 0 Å². The van der Waals surface area contributed by atoms with Gasteiger partial charge in [-0.3, -0.25) is 0 Å². The van der Waals surface area contributed by atoms with E-state index in [1.54, 1.807) is 13.2 Å². The van der Waals surface area contributed by atoms with E-state index >= 15 is 0 Å². The van der Waals surface area contributed by atoms with Crippen LogP contribution in [0.3, 0.4) is 0 Å². The van der Waals surface area contributed by atoms with Crippen LogP contribution < -0.4 is 4.74 Å².